The maximum absolute atomic E-state index is 8.97. The molecule has 1 aromatic heterocycles. The van der Waals surface area contributed by atoms with Crippen LogP contribution >= 0.6 is 11.3 Å². The Morgan fingerprint density at radius 3 is 2.77 bits per heavy atom. The lowest BCUT2D eigenvalue weighted by molar-refractivity contribution is 0.306. The molecule has 0 atom stereocenters. The van der Waals surface area contributed by atoms with Gasteiger partial charge in [0.2, 0.25) is 0 Å². The maximum atomic E-state index is 8.97. The van der Waals surface area contributed by atoms with Crippen LogP contribution in [-0.2, 0) is 6.61 Å². The Balaban J connectivity index is 1.65. The van der Waals surface area contributed by atoms with Gasteiger partial charge in [-0.25, -0.2) is 4.98 Å². The molecule has 0 bridgehead atoms. The number of rotatable bonds is 6. The van der Waals surface area contributed by atoms with E-state index in [1.165, 1.54) is 0 Å². The first-order chi connectivity index (χ1) is 12.6. The molecule has 26 heavy (non-hydrogen) atoms. The smallest absolute Gasteiger partial charge is 0.120 e. The van der Waals surface area contributed by atoms with Crippen molar-refractivity contribution in [2.24, 2.45) is 0 Å². The molecule has 0 saturated carbocycles. The molecule has 2 aromatic carbocycles. The van der Waals surface area contributed by atoms with Gasteiger partial charge < -0.3 is 4.74 Å². The molecule has 3 aromatic rings. The van der Waals surface area contributed by atoms with Gasteiger partial charge in [-0.15, -0.1) is 11.3 Å². The van der Waals surface area contributed by atoms with Crippen LogP contribution in [0, 0.1) is 11.3 Å². The van der Waals surface area contributed by atoms with Crippen molar-refractivity contribution in [1.82, 2.24) is 4.98 Å². The van der Waals surface area contributed by atoms with Gasteiger partial charge in [-0.1, -0.05) is 44.2 Å². The minimum Gasteiger partial charge on any atom is -0.489 e. The van der Waals surface area contributed by atoms with Gasteiger partial charge in [0, 0.05) is 5.38 Å². The lowest BCUT2D eigenvalue weighted by atomic mass is 10.1. The van der Waals surface area contributed by atoms with Crippen LogP contribution < -0.4 is 4.74 Å². The average Bonchev–Trinajstić information content (AvgIpc) is 3.15. The largest absolute Gasteiger partial charge is 0.489 e. The van der Waals surface area contributed by atoms with Crippen LogP contribution in [-0.4, -0.2) is 4.98 Å². The van der Waals surface area contributed by atoms with Crippen molar-refractivity contribution in [3.05, 3.63) is 81.3 Å². The van der Waals surface area contributed by atoms with Crippen molar-refractivity contribution >= 4 is 23.5 Å². The van der Waals surface area contributed by atoms with Gasteiger partial charge in [-0.05, 0) is 47.4 Å². The number of nitrogens with zero attached hydrogens (tertiary/aromatic N) is 2. The quantitative estimate of drug-likeness (QED) is 0.551. The molecule has 0 saturated heterocycles. The summed E-state index contributed by atoms with van der Waals surface area (Å²) in [5.41, 5.74) is 3.82. The van der Waals surface area contributed by atoms with Gasteiger partial charge >= 0.3 is 0 Å². The summed E-state index contributed by atoms with van der Waals surface area (Å²) in [6.07, 6.45) is 4.08. The first-order valence-electron chi connectivity index (χ1n) is 8.49. The number of hydrogen-bond acceptors (Lipinski definition) is 4. The van der Waals surface area contributed by atoms with Crippen LogP contribution in [0.25, 0.3) is 12.2 Å². The zero-order valence-electron chi connectivity index (χ0n) is 14.8. The second kappa shape index (κ2) is 8.46. The van der Waals surface area contributed by atoms with Crippen molar-refractivity contribution in [2.75, 3.05) is 0 Å². The van der Waals surface area contributed by atoms with E-state index in [2.05, 4.69) is 30.3 Å². The Morgan fingerprint density at radius 1 is 1.15 bits per heavy atom. The molecule has 0 amide bonds. The molecular formula is C22H20N2OS. The van der Waals surface area contributed by atoms with Crippen LogP contribution in [0.5, 0.6) is 5.75 Å². The number of ether oxygens (including phenoxy) is 1. The molecule has 0 fully saturated rings. The summed E-state index contributed by atoms with van der Waals surface area (Å²) in [6.45, 7) is 4.73. The molecule has 3 rings (SSSR count). The molecule has 0 aliphatic carbocycles. The van der Waals surface area contributed by atoms with Gasteiger partial charge in [-0.2, -0.15) is 5.26 Å². The predicted molar refractivity (Wildman–Crippen MR) is 107 cm³/mol. The summed E-state index contributed by atoms with van der Waals surface area (Å²) in [4.78, 5) is 4.61. The summed E-state index contributed by atoms with van der Waals surface area (Å²) in [6, 6.07) is 17.6. The Morgan fingerprint density at radius 2 is 2.00 bits per heavy atom. The van der Waals surface area contributed by atoms with E-state index in [0.29, 0.717) is 18.1 Å². The van der Waals surface area contributed by atoms with E-state index in [1.807, 2.05) is 54.6 Å². The first-order valence-corrected chi connectivity index (χ1v) is 9.37. The van der Waals surface area contributed by atoms with E-state index in [4.69, 9.17) is 10.00 Å². The summed E-state index contributed by atoms with van der Waals surface area (Å²) in [5.74, 6) is 1.25. The van der Waals surface area contributed by atoms with E-state index in [0.717, 1.165) is 27.6 Å². The van der Waals surface area contributed by atoms with E-state index < -0.39 is 0 Å². The monoisotopic (exact) mass is 360 g/mol. The third-order valence-corrected chi connectivity index (χ3v) is 4.70. The second-order valence-electron chi connectivity index (χ2n) is 6.27. The summed E-state index contributed by atoms with van der Waals surface area (Å²) in [5, 5.41) is 12.1. The fraction of sp³-hybridized carbons (Fsp3) is 0.182. The van der Waals surface area contributed by atoms with Crippen molar-refractivity contribution in [2.45, 2.75) is 26.4 Å². The number of thiazole rings is 1. The van der Waals surface area contributed by atoms with E-state index >= 15 is 0 Å². The highest BCUT2D eigenvalue weighted by Gasteiger charge is 2.03. The van der Waals surface area contributed by atoms with Crippen LogP contribution in [0.3, 0.4) is 0 Å². The van der Waals surface area contributed by atoms with Crippen LogP contribution in [0.4, 0.5) is 0 Å². The molecule has 0 aliphatic heterocycles. The van der Waals surface area contributed by atoms with E-state index in [1.54, 1.807) is 17.4 Å². The zero-order chi connectivity index (χ0) is 18.4. The Bertz CT molecular complexity index is 951. The molecule has 1 heterocycles. The van der Waals surface area contributed by atoms with Crippen molar-refractivity contribution in [3.63, 3.8) is 0 Å². The van der Waals surface area contributed by atoms with Crippen LogP contribution in [0.1, 0.15) is 47.2 Å². The van der Waals surface area contributed by atoms with Gasteiger partial charge in [0.25, 0.3) is 0 Å². The number of nitriles is 1. The third kappa shape index (κ3) is 4.81. The lowest BCUT2D eigenvalue weighted by Crippen LogP contribution is -1.95. The number of benzene rings is 2. The lowest BCUT2D eigenvalue weighted by Gasteiger charge is -2.07. The highest BCUT2D eigenvalue weighted by atomic mass is 32.1. The summed E-state index contributed by atoms with van der Waals surface area (Å²) < 4.78 is 5.86. The standard InChI is InChI=1S/C22H20N2OS/c1-16(2)21-15-26-22(24-21)10-9-17-5-4-8-20(12-17)25-14-19-7-3-6-18(11-19)13-23/h3-12,15-16H,14H2,1-2H3. The zero-order valence-corrected chi connectivity index (χ0v) is 15.7. The summed E-state index contributed by atoms with van der Waals surface area (Å²) in [7, 11) is 0. The van der Waals surface area contributed by atoms with Gasteiger partial charge in [-0.3, -0.25) is 0 Å². The predicted octanol–water partition coefficient (Wildman–Crippen LogP) is 5.89. The van der Waals surface area contributed by atoms with Gasteiger partial charge in [0.15, 0.2) is 0 Å². The minimum atomic E-state index is 0.437. The topological polar surface area (TPSA) is 45.9 Å². The molecule has 0 unspecified atom stereocenters. The SMILES string of the molecule is CC(C)c1csc(C=Cc2cccc(OCc3cccc(C#N)c3)c2)n1. The molecule has 130 valence electrons. The normalized spacial score (nSPS) is 11.0. The van der Waals surface area contributed by atoms with Crippen molar-refractivity contribution in [3.8, 4) is 11.8 Å². The Kier molecular flexibility index (Phi) is 5.83. The fourth-order valence-electron chi connectivity index (χ4n) is 2.42. The van der Waals surface area contributed by atoms with Gasteiger partial charge in [0.05, 0.1) is 17.3 Å². The molecule has 0 spiro atoms. The molecule has 0 aliphatic rings. The number of hydrogen-bond donors (Lipinski definition) is 0. The molecule has 0 radical (unpaired) electrons. The maximum Gasteiger partial charge on any atom is 0.120 e. The van der Waals surface area contributed by atoms with Crippen LogP contribution in [0.15, 0.2) is 53.9 Å². The van der Waals surface area contributed by atoms with E-state index in [-0.39, 0.29) is 0 Å². The van der Waals surface area contributed by atoms with Crippen LogP contribution in [0.2, 0.25) is 0 Å². The molecular weight excluding hydrogens is 340 g/mol. The molecule has 3 nitrogen and oxygen atoms in total. The molecule has 0 N–H and O–H groups in total. The minimum absolute atomic E-state index is 0.437. The third-order valence-electron chi connectivity index (χ3n) is 3.87. The van der Waals surface area contributed by atoms with Gasteiger partial charge in [0.1, 0.15) is 17.4 Å². The Labute approximate surface area is 158 Å². The van der Waals surface area contributed by atoms with E-state index in [9.17, 15) is 0 Å². The molecule has 4 heteroatoms. The summed E-state index contributed by atoms with van der Waals surface area (Å²) >= 11 is 1.66. The fourth-order valence-corrected chi connectivity index (χ4v) is 3.29. The van der Waals surface area contributed by atoms with Crippen molar-refractivity contribution in [1.29, 1.82) is 5.26 Å². The number of aromatic nitrogens is 1. The highest BCUT2D eigenvalue weighted by Crippen LogP contribution is 2.21. The Hall–Kier alpha value is -2.90. The van der Waals surface area contributed by atoms with Crippen molar-refractivity contribution < 1.29 is 4.74 Å². The average molecular weight is 360 g/mol. The highest BCUT2D eigenvalue weighted by molar-refractivity contribution is 7.10. The first kappa shape index (κ1) is 17.9. The second-order valence-corrected chi connectivity index (χ2v) is 7.16.